The van der Waals surface area contributed by atoms with Gasteiger partial charge < -0.3 is 10.2 Å². The highest BCUT2D eigenvalue weighted by Crippen LogP contribution is 2.44. The van der Waals surface area contributed by atoms with Gasteiger partial charge in [-0.15, -0.1) is 23.5 Å². The van der Waals surface area contributed by atoms with Crippen molar-refractivity contribution in [3.05, 3.63) is 64.7 Å². The Morgan fingerprint density at radius 1 is 1.03 bits per heavy atom. The summed E-state index contributed by atoms with van der Waals surface area (Å²) >= 11 is 9.87. The Labute approximate surface area is 191 Å². The molecule has 1 atom stereocenters. The van der Waals surface area contributed by atoms with Crippen molar-refractivity contribution < 1.29 is 9.59 Å². The lowest BCUT2D eigenvalue weighted by molar-refractivity contribution is -0.121. The van der Waals surface area contributed by atoms with Gasteiger partial charge in [-0.2, -0.15) is 0 Å². The fourth-order valence-electron chi connectivity index (χ4n) is 3.84. The molecule has 2 heterocycles. The minimum absolute atomic E-state index is 0.00953. The Morgan fingerprint density at radius 2 is 1.80 bits per heavy atom. The molecule has 158 valence electrons. The highest BCUT2D eigenvalue weighted by Gasteiger charge is 2.29. The molecule has 0 spiro atoms. The van der Waals surface area contributed by atoms with E-state index in [4.69, 9.17) is 11.6 Å². The van der Waals surface area contributed by atoms with E-state index in [9.17, 15) is 9.59 Å². The summed E-state index contributed by atoms with van der Waals surface area (Å²) in [6.45, 7) is 1.12. The standard InChI is InChI=1S/C23H25ClN2O2S2/c24-19-9-7-16(8-10-19)22(28)26-11-2-5-18(15-26)21(27)25-20-6-1-4-17(14-20)23-29-12-3-13-30-23/h1,4,6-10,14,18,23H,2-3,5,11-13,15H2,(H,25,27). The first-order valence-corrected chi connectivity index (χ1v) is 12.8. The second kappa shape index (κ2) is 10.1. The molecule has 2 aromatic carbocycles. The van der Waals surface area contributed by atoms with Gasteiger partial charge in [0.15, 0.2) is 0 Å². The van der Waals surface area contributed by atoms with Crippen molar-refractivity contribution in [3.8, 4) is 0 Å². The molecule has 0 radical (unpaired) electrons. The molecule has 2 amide bonds. The van der Waals surface area contributed by atoms with E-state index in [1.54, 1.807) is 29.2 Å². The minimum Gasteiger partial charge on any atom is -0.338 e. The number of nitrogens with zero attached hydrogens (tertiary/aromatic N) is 1. The zero-order valence-corrected chi connectivity index (χ0v) is 19.1. The van der Waals surface area contributed by atoms with Crippen LogP contribution in [0.1, 0.15) is 39.8 Å². The number of hydrogen-bond acceptors (Lipinski definition) is 4. The summed E-state index contributed by atoms with van der Waals surface area (Å²) in [6.07, 6.45) is 2.88. The fourth-order valence-corrected chi connectivity index (χ4v) is 6.84. The van der Waals surface area contributed by atoms with Crippen LogP contribution < -0.4 is 5.32 Å². The average molecular weight is 461 g/mol. The van der Waals surface area contributed by atoms with Gasteiger partial charge in [-0.05, 0) is 72.7 Å². The second-order valence-electron chi connectivity index (χ2n) is 7.64. The summed E-state index contributed by atoms with van der Waals surface area (Å²) < 4.78 is 0.442. The van der Waals surface area contributed by atoms with Gasteiger partial charge in [0.1, 0.15) is 0 Å². The molecule has 0 aliphatic carbocycles. The van der Waals surface area contributed by atoms with Crippen molar-refractivity contribution in [1.82, 2.24) is 4.90 Å². The molecule has 0 bridgehead atoms. The van der Waals surface area contributed by atoms with E-state index >= 15 is 0 Å². The predicted molar refractivity (Wildman–Crippen MR) is 127 cm³/mol. The van der Waals surface area contributed by atoms with Gasteiger partial charge in [-0.25, -0.2) is 0 Å². The number of anilines is 1. The first-order valence-electron chi connectivity index (χ1n) is 10.3. The molecule has 2 aliphatic rings. The molecule has 0 aromatic heterocycles. The Kier molecular flexibility index (Phi) is 7.28. The number of carbonyl (C=O) groups is 2. The third kappa shape index (κ3) is 5.34. The van der Waals surface area contributed by atoms with Gasteiger partial charge in [-0.1, -0.05) is 23.7 Å². The number of halogens is 1. The highest BCUT2D eigenvalue weighted by molar-refractivity contribution is 8.16. The molecule has 7 heteroatoms. The number of thioether (sulfide) groups is 2. The van der Waals surface area contributed by atoms with E-state index in [-0.39, 0.29) is 17.7 Å². The number of carbonyl (C=O) groups excluding carboxylic acids is 2. The lowest BCUT2D eigenvalue weighted by Gasteiger charge is -2.32. The quantitative estimate of drug-likeness (QED) is 0.635. The van der Waals surface area contributed by atoms with Crippen molar-refractivity contribution in [3.63, 3.8) is 0 Å². The van der Waals surface area contributed by atoms with Crippen LogP contribution in [0.15, 0.2) is 48.5 Å². The molecule has 1 N–H and O–H groups in total. The van der Waals surface area contributed by atoms with Crippen LogP contribution in [0.3, 0.4) is 0 Å². The SMILES string of the molecule is O=C(Nc1cccc(C2SCCCS2)c1)C1CCCN(C(=O)c2ccc(Cl)cc2)C1. The van der Waals surface area contributed by atoms with E-state index in [0.717, 1.165) is 18.5 Å². The molecular formula is C23H25ClN2O2S2. The molecule has 2 saturated heterocycles. The topological polar surface area (TPSA) is 49.4 Å². The van der Waals surface area contributed by atoms with Crippen molar-refractivity contribution in [2.45, 2.75) is 23.8 Å². The molecule has 2 aromatic rings. The molecule has 4 rings (SSSR count). The number of benzene rings is 2. The zero-order valence-electron chi connectivity index (χ0n) is 16.7. The van der Waals surface area contributed by atoms with Crippen LogP contribution in [0, 0.1) is 5.92 Å². The maximum atomic E-state index is 12.9. The molecule has 0 saturated carbocycles. The third-order valence-corrected chi connectivity index (χ3v) is 8.69. The Hall–Kier alpha value is -1.63. The maximum absolute atomic E-state index is 12.9. The first-order chi connectivity index (χ1) is 14.6. The molecular weight excluding hydrogens is 436 g/mol. The largest absolute Gasteiger partial charge is 0.338 e. The van der Waals surface area contributed by atoms with Crippen LogP contribution in [0.5, 0.6) is 0 Å². The lowest BCUT2D eigenvalue weighted by Crippen LogP contribution is -2.43. The Bertz CT molecular complexity index is 900. The molecule has 2 fully saturated rings. The van der Waals surface area contributed by atoms with Gasteiger partial charge in [0.25, 0.3) is 5.91 Å². The van der Waals surface area contributed by atoms with Crippen molar-refractivity contribution in [1.29, 1.82) is 0 Å². The van der Waals surface area contributed by atoms with E-state index in [1.165, 1.54) is 23.5 Å². The number of hydrogen-bond donors (Lipinski definition) is 1. The summed E-state index contributed by atoms with van der Waals surface area (Å²) in [6, 6.07) is 15.1. The van der Waals surface area contributed by atoms with E-state index in [1.807, 2.05) is 35.7 Å². The van der Waals surface area contributed by atoms with Gasteiger partial charge >= 0.3 is 0 Å². The van der Waals surface area contributed by atoms with E-state index in [2.05, 4.69) is 17.4 Å². The molecule has 4 nitrogen and oxygen atoms in total. The average Bonchev–Trinajstić information content (AvgIpc) is 2.80. The maximum Gasteiger partial charge on any atom is 0.253 e. The summed E-state index contributed by atoms with van der Waals surface area (Å²) in [5, 5.41) is 3.69. The van der Waals surface area contributed by atoms with Crippen molar-refractivity contribution in [2.24, 2.45) is 5.92 Å². The second-order valence-corrected chi connectivity index (χ2v) is 10.8. The number of piperidine rings is 1. The Morgan fingerprint density at radius 3 is 2.57 bits per heavy atom. The van der Waals surface area contributed by atoms with Crippen LogP contribution >= 0.6 is 35.1 Å². The van der Waals surface area contributed by atoms with Crippen LogP contribution in [-0.4, -0.2) is 41.3 Å². The molecule has 30 heavy (non-hydrogen) atoms. The zero-order chi connectivity index (χ0) is 20.9. The van der Waals surface area contributed by atoms with Crippen molar-refractivity contribution in [2.75, 3.05) is 29.9 Å². The van der Waals surface area contributed by atoms with Crippen molar-refractivity contribution >= 4 is 52.6 Å². The van der Waals surface area contributed by atoms with Crippen LogP contribution in [-0.2, 0) is 4.79 Å². The van der Waals surface area contributed by atoms with E-state index < -0.39 is 0 Å². The van der Waals surface area contributed by atoms with Gasteiger partial charge in [0.05, 0.1) is 10.5 Å². The molecule has 1 unspecified atom stereocenters. The van der Waals surface area contributed by atoms with Crippen LogP contribution in [0.25, 0.3) is 0 Å². The van der Waals surface area contributed by atoms with Gasteiger partial charge in [-0.3, -0.25) is 9.59 Å². The number of nitrogens with one attached hydrogen (secondary N) is 1. The van der Waals surface area contributed by atoms with Crippen LogP contribution in [0.4, 0.5) is 5.69 Å². The normalized spacial score (nSPS) is 20.0. The first kappa shape index (κ1) is 21.6. The number of likely N-dealkylation sites (tertiary alicyclic amines) is 1. The monoisotopic (exact) mass is 460 g/mol. The predicted octanol–water partition coefficient (Wildman–Crippen LogP) is 5.70. The molecule has 2 aliphatic heterocycles. The third-order valence-electron chi connectivity index (χ3n) is 5.42. The summed E-state index contributed by atoms with van der Waals surface area (Å²) in [5.41, 5.74) is 2.70. The smallest absolute Gasteiger partial charge is 0.253 e. The summed E-state index contributed by atoms with van der Waals surface area (Å²) in [4.78, 5) is 27.5. The minimum atomic E-state index is -0.197. The Balaban J connectivity index is 1.38. The van der Waals surface area contributed by atoms with Gasteiger partial charge in [0, 0.05) is 29.4 Å². The highest BCUT2D eigenvalue weighted by atomic mass is 35.5. The number of rotatable bonds is 4. The van der Waals surface area contributed by atoms with Crippen LogP contribution in [0.2, 0.25) is 5.02 Å². The summed E-state index contributed by atoms with van der Waals surface area (Å²) in [7, 11) is 0. The lowest BCUT2D eigenvalue weighted by atomic mass is 9.96. The summed E-state index contributed by atoms with van der Waals surface area (Å²) in [5.74, 6) is 2.13. The van der Waals surface area contributed by atoms with Gasteiger partial charge in [0.2, 0.25) is 5.91 Å². The number of amides is 2. The van der Waals surface area contributed by atoms with E-state index in [0.29, 0.717) is 28.3 Å². The fraction of sp³-hybridized carbons (Fsp3) is 0.391.